The van der Waals surface area contributed by atoms with Crippen molar-refractivity contribution in [3.05, 3.63) is 122 Å². The maximum Gasteiger partial charge on any atom is 0.306 e. The van der Waals surface area contributed by atoms with Crippen LogP contribution in [-0.2, 0) is 33.3 Å². The van der Waals surface area contributed by atoms with Crippen LogP contribution in [0.15, 0.2) is 122 Å². The van der Waals surface area contributed by atoms with Gasteiger partial charge in [0.05, 0.1) is 40.3 Å². The van der Waals surface area contributed by atoms with Crippen LogP contribution in [0.1, 0.15) is 181 Å². The third kappa shape index (κ3) is 51.4. The number of aliphatic carboxylic acids is 1. The SMILES string of the molecule is CC/C=C\C/C=C\C/C=C\C/C=C\C/C=C\C/C=C\C/C=C\CCCCCCCC(=O)OC(COC(=O)CCCCCCCCC/C=C\C/C=C\C/C=C\CC)COC(OCC[N+](C)(C)C)C(=O)[O-]. The highest BCUT2D eigenvalue weighted by Crippen LogP contribution is 2.13. The zero-order valence-electron chi connectivity index (χ0n) is 44.1. The number of likely N-dealkylation sites (N-methyl/N-ethyl adjacent to an activating group) is 1. The second kappa shape index (κ2) is 50.1. The summed E-state index contributed by atoms with van der Waals surface area (Å²) < 4.78 is 22.6. The predicted molar refractivity (Wildman–Crippen MR) is 287 cm³/mol. The minimum Gasteiger partial charge on any atom is -0.545 e. The molecular formula is C60H97NO8. The highest BCUT2D eigenvalue weighted by Gasteiger charge is 2.21. The Morgan fingerprint density at radius 3 is 1.16 bits per heavy atom. The molecule has 0 aliphatic heterocycles. The first-order valence-electron chi connectivity index (χ1n) is 26.7. The van der Waals surface area contributed by atoms with E-state index in [0.717, 1.165) is 128 Å². The number of unbranched alkanes of at least 4 members (excludes halogenated alkanes) is 12. The van der Waals surface area contributed by atoms with E-state index in [0.29, 0.717) is 17.4 Å². The fourth-order valence-corrected chi connectivity index (χ4v) is 6.65. The quantitative estimate of drug-likeness (QED) is 0.0195. The molecule has 0 aliphatic carbocycles. The van der Waals surface area contributed by atoms with Crippen LogP contribution < -0.4 is 5.11 Å². The number of esters is 2. The number of hydrogen-bond donors (Lipinski definition) is 0. The molecule has 390 valence electrons. The number of carbonyl (C=O) groups is 3. The van der Waals surface area contributed by atoms with Gasteiger partial charge < -0.3 is 33.3 Å². The van der Waals surface area contributed by atoms with Crippen molar-refractivity contribution in [2.24, 2.45) is 0 Å². The van der Waals surface area contributed by atoms with Crippen LogP contribution in [0.3, 0.4) is 0 Å². The Labute approximate surface area is 421 Å². The Bertz CT molecular complexity index is 1540. The van der Waals surface area contributed by atoms with Crippen LogP contribution in [-0.4, -0.2) is 82.3 Å². The molecule has 0 bridgehead atoms. The van der Waals surface area contributed by atoms with Crippen LogP contribution in [0.5, 0.6) is 0 Å². The molecule has 2 unspecified atom stereocenters. The molecule has 0 aliphatic rings. The molecule has 0 aromatic rings. The van der Waals surface area contributed by atoms with Gasteiger partial charge in [-0.2, -0.15) is 0 Å². The van der Waals surface area contributed by atoms with Gasteiger partial charge in [-0.25, -0.2) is 0 Å². The van der Waals surface area contributed by atoms with Crippen LogP contribution in [0.2, 0.25) is 0 Å². The zero-order chi connectivity index (χ0) is 50.6. The number of ether oxygens (including phenoxy) is 4. The molecular weight excluding hydrogens is 863 g/mol. The van der Waals surface area contributed by atoms with E-state index < -0.39 is 24.3 Å². The van der Waals surface area contributed by atoms with E-state index in [1.807, 2.05) is 21.1 Å². The number of carboxylic acid groups (broad SMARTS) is 1. The molecule has 0 saturated heterocycles. The summed E-state index contributed by atoms with van der Waals surface area (Å²) in [5.74, 6) is -2.34. The van der Waals surface area contributed by atoms with Gasteiger partial charge in [0.25, 0.3) is 0 Å². The standard InChI is InChI=1S/C60H97NO8/c1-6-8-10-12-14-16-18-20-22-24-25-26-27-28-29-30-31-32-33-35-37-39-41-43-45-47-49-51-58(63)69-56(55-68-60(59(64)65)66-53-52-61(3,4)5)54-67-57(62)50-48-46-44-42-40-38-36-34-23-21-19-17-15-13-11-9-7-2/h8-11,14-17,20-23,25-26,28-29,31-32,35,37,56,60H,6-7,12-13,18-19,24,27,30,33-34,36,38-55H2,1-5H3/b10-8-,11-9-,16-14-,17-15-,22-20-,23-21-,26-25-,29-28-,32-31-,37-35-. The van der Waals surface area contributed by atoms with Crippen LogP contribution in [0, 0.1) is 0 Å². The summed E-state index contributed by atoms with van der Waals surface area (Å²) in [4.78, 5) is 37.2. The number of allylic oxidation sites excluding steroid dienone is 20. The summed E-state index contributed by atoms with van der Waals surface area (Å²) in [5, 5.41) is 11.7. The highest BCUT2D eigenvalue weighted by molar-refractivity contribution is 5.70. The van der Waals surface area contributed by atoms with Crippen molar-refractivity contribution in [3.8, 4) is 0 Å². The van der Waals surface area contributed by atoms with E-state index in [1.54, 1.807) is 0 Å². The zero-order valence-corrected chi connectivity index (χ0v) is 44.1. The van der Waals surface area contributed by atoms with Crippen LogP contribution >= 0.6 is 0 Å². The van der Waals surface area contributed by atoms with Gasteiger partial charge in [0, 0.05) is 12.8 Å². The maximum atomic E-state index is 12.8. The Hall–Kier alpha value is -4.31. The lowest BCUT2D eigenvalue weighted by Gasteiger charge is -2.26. The van der Waals surface area contributed by atoms with Crippen molar-refractivity contribution in [2.75, 3.05) is 47.5 Å². The molecule has 0 saturated carbocycles. The first-order chi connectivity index (χ1) is 33.6. The van der Waals surface area contributed by atoms with E-state index in [1.165, 1.54) is 19.3 Å². The summed E-state index contributed by atoms with van der Waals surface area (Å²) in [6.07, 6.45) is 66.6. The van der Waals surface area contributed by atoms with Crippen molar-refractivity contribution >= 4 is 17.9 Å². The molecule has 0 N–H and O–H groups in total. The van der Waals surface area contributed by atoms with Crippen molar-refractivity contribution in [2.45, 2.75) is 193 Å². The summed E-state index contributed by atoms with van der Waals surface area (Å²) in [5.41, 5.74) is 0. The van der Waals surface area contributed by atoms with E-state index in [9.17, 15) is 19.5 Å². The topological polar surface area (TPSA) is 111 Å². The molecule has 9 heteroatoms. The summed E-state index contributed by atoms with van der Waals surface area (Å²) >= 11 is 0. The molecule has 0 spiro atoms. The summed E-state index contributed by atoms with van der Waals surface area (Å²) in [6, 6.07) is 0. The summed E-state index contributed by atoms with van der Waals surface area (Å²) in [7, 11) is 5.89. The second-order valence-corrected chi connectivity index (χ2v) is 18.4. The average molecular weight is 960 g/mol. The fourth-order valence-electron chi connectivity index (χ4n) is 6.65. The maximum absolute atomic E-state index is 12.8. The van der Waals surface area contributed by atoms with Crippen molar-refractivity contribution in [1.82, 2.24) is 0 Å². The molecule has 0 radical (unpaired) electrons. The molecule has 0 aromatic carbocycles. The summed E-state index contributed by atoms with van der Waals surface area (Å²) in [6.45, 7) is 4.46. The molecule has 9 nitrogen and oxygen atoms in total. The monoisotopic (exact) mass is 960 g/mol. The normalized spacial score (nSPS) is 13.8. The van der Waals surface area contributed by atoms with Gasteiger partial charge in [-0.15, -0.1) is 0 Å². The lowest BCUT2D eigenvalue weighted by molar-refractivity contribution is -0.870. The molecule has 0 aromatic heterocycles. The third-order valence-corrected chi connectivity index (χ3v) is 10.7. The number of carboxylic acids is 1. The van der Waals surface area contributed by atoms with Gasteiger partial charge in [-0.05, 0) is 103 Å². The highest BCUT2D eigenvalue weighted by atomic mass is 16.7. The van der Waals surface area contributed by atoms with Gasteiger partial charge in [0.2, 0.25) is 0 Å². The van der Waals surface area contributed by atoms with Crippen LogP contribution in [0.25, 0.3) is 0 Å². The Balaban J connectivity index is 4.40. The van der Waals surface area contributed by atoms with E-state index in [4.69, 9.17) is 18.9 Å². The molecule has 2 atom stereocenters. The van der Waals surface area contributed by atoms with Crippen molar-refractivity contribution in [1.29, 1.82) is 0 Å². The Morgan fingerprint density at radius 1 is 0.435 bits per heavy atom. The number of quaternary nitrogens is 1. The molecule has 0 heterocycles. The second-order valence-electron chi connectivity index (χ2n) is 18.4. The van der Waals surface area contributed by atoms with Crippen LogP contribution in [0.4, 0.5) is 0 Å². The lowest BCUT2D eigenvalue weighted by atomic mass is 10.1. The number of nitrogens with zero attached hydrogens (tertiary/aromatic N) is 1. The van der Waals surface area contributed by atoms with Gasteiger partial charge >= 0.3 is 11.9 Å². The fraction of sp³-hybridized carbons (Fsp3) is 0.617. The molecule has 0 amide bonds. The molecule has 69 heavy (non-hydrogen) atoms. The van der Waals surface area contributed by atoms with E-state index in [2.05, 4.69) is 135 Å². The predicted octanol–water partition coefficient (Wildman–Crippen LogP) is 14.0. The first kappa shape index (κ1) is 64.7. The molecule has 0 fully saturated rings. The number of hydrogen-bond acceptors (Lipinski definition) is 8. The largest absolute Gasteiger partial charge is 0.545 e. The van der Waals surface area contributed by atoms with Gasteiger partial charge in [-0.3, -0.25) is 9.59 Å². The average Bonchev–Trinajstić information content (AvgIpc) is 3.31. The van der Waals surface area contributed by atoms with Gasteiger partial charge in [0.15, 0.2) is 12.4 Å². The van der Waals surface area contributed by atoms with E-state index in [-0.39, 0.29) is 38.6 Å². The van der Waals surface area contributed by atoms with Crippen molar-refractivity contribution < 1.29 is 42.9 Å². The smallest absolute Gasteiger partial charge is 0.306 e. The lowest BCUT2D eigenvalue weighted by Crippen LogP contribution is -2.44. The minimum absolute atomic E-state index is 0.134. The first-order valence-corrected chi connectivity index (χ1v) is 26.7. The van der Waals surface area contributed by atoms with Gasteiger partial charge in [-0.1, -0.05) is 187 Å². The van der Waals surface area contributed by atoms with Crippen molar-refractivity contribution in [3.63, 3.8) is 0 Å². The number of carbonyl (C=O) groups excluding carboxylic acids is 3. The Morgan fingerprint density at radius 2 is 0.783 bits per heavy atom. The number of rotatable bonds is 47. The molecule has 0 rings (SSSR count). The minimum atomic E-state index is -1.64. The third-order valence-electron chi connectivity index (χ3n) is 10.7. The Kier molecular flexibility index (Phi) is 47.0. The van der Waals surface area contributed by atoms with Gasteiger partial charge in [0.1, 0.15) is 13.2 Å². The van der Waals surface area contributed by atoms with E-state index >= 15 is 0 Å².